The SMILES string of the molecule is CC(F)(c1cccc(O)c1)C1CCCCCC1. The smallest absolute Gasteiger partial charge is 0.136 e. The van der Waals surface area contributed by atoms with E-state index in [9.17, 15) is 9.50 Å². The highest BCUT2D eigenvalue weighted by molar-refractivity contribution is 5.31. The highest BCUT2D eigenvalue weighted by Gasteiger charge is 2.36. The summed E-state index contributed by atoms with van der Waals surface area (Å²) in [5.74, 6) is 0.242. The number of hydrogen-bond acceptors (Lipinski definition) is 1. The fourth-order valence-corrected chi connectivity index (χ4v) is 2.87. The zero-order valence-electron chi connectivity index (χ0n) is 10.5. The quantitative estimate of drug-likeness (QED) is 0.747. The maximum atomic E-state index is 15.0. The molecule has 1 atom stereocenters. The molecule has 17 heavy (non-hydrogen) atoms. The number of phenolic OH excluding ortho intramolecular Hbond substituents is 1. The van der Waals surface area contributed by atoms with Crippen LogP contribution in [0.25, 0.3) is 0 Å². The fraction of sp³-hybridized carbons (Fsp3) is 0.600. The molecule has 94 valence electrons. The van der Waals surface area contributed by atoms with Crippen LogP contribution in [-0.2, 0) is 5.67 Å². The van der Waals surface area contributed by atoms with E-state index in [0.29, 0.717) is 5.56 Å². The maximum Gasteiger partial charge on any atom is 0.136 e. The summed E-state index contributed by atoms with van der Waals surface area (Å²) in [6.45, 7) is 1.66. The van der Waals surface area contributed by atoms with Crippen LogP contribution >= 0.6 is 0 Å². The molecule has 1 aromatic carbocycles. The van der Waals surface area contributed by atoms with E-state index in [-0.39, 0.29) is 11.7 Å². The molecule has 2 heteroatoms. The number of rotatable bonds is 2. The van der Waals surface area contributed by atoms with E-state index in [1.165, 1.54) is 12.8 Å². The Morgan fingerprint density at radius 2 is 1.82 bits per heavy atom. The van der Waals surface area contributed by atoms with E-state index >= 15 is 0 Å². The van der Waals surface area contributed by atoms with Crippen molar-refractivity contribution >= 4 is 0 Å². The minimum atomic E-state index is -1.32. The van der Waals surface area contributed by atoms with Gasteiger partial charge >= 0.3 is 0 Å². The Morgan fingerprint density at radius 1 is 1.18 bits per heavy atom. The Kier molecular flexibility index (Phi) is 3.70. The van der Waals surface area contributed by atoms with Gasteiger partial charge in [-0.2, -0.15) is 0 Å². The monoisotopic (exact) mass is 236 g/mol. The number of aromatic hydroxyl groups is 1. The van der Waals surface area contributed by atoms with Crippen molar-refractivity contribution in [3.8, 4) is 5.75 Å². The zero-order chi connectivity index (χ0) is 12.3. The van der Waals surface area contributed by atoms with Crippen LogP contribution in [0.2, 0.25) is 0 Å². The Labute approximate surface area is 103 Å². The van der Waals surface area contributed by atoms with Crippen molar-refractivity contribution in [3.05, 3.63) is 29.8 Å². The van der Waals surface area contributed by atoms with Crippen LogP contribution in [0.1, 0.15) is 51.0 Å². The molecule has 1 aliphatic rings. The van der Waals surface area contributed by atoms with Crippen LogP contribution in [0.15, 0.2) is 24.3 Å². The van der Waals surface area contributed by atoms with E-state index in [1.807, 2.05) is 0 Å². The molecule has 0 radical (unpaired) electrons. The summed E-state index contributed by atoms with van der Waals surface area (Å²) in [5, 5.41) is 9.46. The van der Waals surface area contributed by atoms with Crippen molar-refractivity contribution in [2.45, 2.75) is 51.1 Å². The summed E-state index contributed by atoms with van der Waals surface area (Å²) in [4.78, 5) is 0. The minimum Gasteiger partial charge on any atom is -0.508 e. The molecule has 1 nitrogen and oxygen atoms in total. The third-order valence-corrected chi connectivity index (χ3v) is 4.03. The second kappa shape index (κ2) is 5.07. The van der Waals surface area contributed by atoms with Crippen molar-refractivity contribution in [1.82, 2.24) is 0 Å². The standard InChI is InChI=1S/C15H21FO/c1-15(16,12-7-4-2-3-5-8-12)13-9-6-10-14(17)11-13/h6,9-12,17H,2-5,7-8H2,1H3. The van der Waals surface area contributed by atoms with Gasteiger partial charge in [-0.1, -0.05) is 37.8 Å². The molecule has 1 unspecified atom stereocenters. The summed E-state index contributed by atoms with van der Waals surface area (Å²) in [7, 11) is 0. The molecule has 0 amide bonds. The highest BCUT2D eigenvalue weighted by Crippen LogP contribution is 2.41. The van der Waals surface area contributed by atoms with E-state index in [1.54, 1.807) is 31.2 Å². The minimum absolute atomic E-state index is 0.0896. The topological polar surface area (TPSA) is 20.2 Å². The van der Waals surface area contributed by atoms with Crippen LogP contribution in [-0.4, -0.2) is 5.11 Å². The van der Waals surface area contributed by atoms with E-state index < -0.39 is 5.67 Å². The summed E-state index contributed by atoms with van der Waals surface area (Å²) < 4.78 is 15.0. The fourth-order valence-electron chi connectivity index (χ4n) is 2.87. The molecule has 1 N–H and O–H groups in total. The van der Waals surface area contributed by atoms with Crippen molar-refractivity contribution in [2.75, 3.05) is 0 Å². The highest BCUT2D eigenvalue weighted by atomic mass is 19.1. The van der Waals surface area contributed by atoms with Gasteiger partial charge in [-0.25, -0.2) is 4.39 Å². The lowest BCUT2D eigenvalue weighted by Gasteiger charge is -2.30. The first-order valence-corrected chi connectivity index (χ1v) is 6.59. The predicted octanol–water partition coefficient (Wildman–Crippen LogP) is 4.55. The van der Waals surface area contributed by atoms with Crippen LogP contribution in [0.3, 0.4) is 0 Å². The van der Waals surface area contributed by atoms with Crippen molar-refractivity contribution in [3.63, 3.8) is 0 Å². The van der Waals surface area contributed by atoms with Crippen LogP contribution in [0.4, 0.5) is 4.39 Å². The van der Waals surface area contributed by atoms with Crippen LogP contribution in [0.5, 0.6) is 5.75 Å². The zero-order valence-corrected chi connectivity index (χ0v) is 10.5. The number of benzene rings is 1. The predicted molar refractivity (Wildman–Crippen MR) is 67.8 cm³/mol. The average molecular weight is 236 g/mol. The van der Waals surface area contributed by atoms with Crippen LogP contribution < -0.4 is 0 Å². The molecular weight excluding hydrogens is 215 g/mol. The van der Waals surface area contributed by atoms with Crippen molar-refractivity contribution in [1.29, 1.82) is 0 Å². The van der Waals surface area contributed by atoms with Crippen molar-refractivity contribution < 1.29 is 9.50 Å². The number of phenols is 1. The number of hydrogen-bond donors (Lipinski definition) is 1. The van der Waals surface area contributed by atoms with Gasteiger partial charge in [0.25, 0.3) is 0 Å². The molecule has 1 saturated carbocycles. The number of halogens is 1. The van der Waals surface area contributed by atoms with Crippen molar-refractivity contribution in [2.24, 2.45) is 5.92 Å². The second-order valence-electron chi connectivity index (χ2n) is 5.31. The molecule has 1 aromatic rings. The summed E-state index contributed by atoms with van der Waals surface area (Å²) in [6, 6.07) is 6.65. The molecule has 0 bridgehead atoms. The maximum absolute atomic E-state index is 15.0. The largest absolute Gasteiger partial charge is 0.508 e. The lowest BCUT2D eigenvalue weighted by molar-refractivity contribution is 0.0884. The number of alkyl halides is 1. The molecule has 0 aliphatic heterocycles. The second-order valence-corrected chi connectivity index (χ2v) is 5.31. The van der Waals surface area contributed by atoms with Gasteiger partial charge in [0.2, 0.25) is 0 Å². The van der Waals surface area contributed by atoms with Gasteiger partial charge in [-0.15, -0.1) is 0 Å². The first-order valence-electron chi connectivity index (χ1n) is 6.59. The van der Waals surface area contributed by atoms with Gasteiger partial charge in [0.05, 0.1) is 0 Å². The van der Waals surface area contributed by atoms with Crippen LogP contribution in [0, 0.1) is 5.92 Å². The molecule has 0 heterocycles. The molecule has 0 spiro atoms. The Morgan fingerprint density at radius 3 is 2.41 bits per heavy atom. The first kappa shape index (κ1) is 12.4. The first-order chi connectivity index (χ1) is 8.10. The molecule has 0 aromatic heterocycles. The molecule has 1 fully saturated rings. The van der Waals surface area contributed by atoms with Gasteiger partial charge in [-0.3, -0.25) is 0 Å². The average Bonchev–Trinajstić information content (AvgIpc) is 2.58. The Bertz CT molecular complexity index is 365. The Hall–Kier alpha value is -1.05. The summed E-state index contributed by atoms with van der Waals surface area (Å²) in [6.07, 6.45) is 6.64. The van der Waals surface area contributed by atoms with Gasteiger partial charge in [0.15, 0.2) is 0 Å². The van der Waals surface area contributed by atoms with Gasteiger partial charge < -0.3 is 5.11 Å². The van der Waals surface area contributed by atoms with E-state index in [2.05, 4.69) is 0 Å². The van der Waals surface area contributed by atoms with Gasteiger partial charge in [-0.05, 0) is 43.4 Å². The lowest BCUT2D eigenvalue weighted by Crippen LogP contribution is -2.26. The molecule has 2 rings (SSSR count). The third-order valence-electron chi connectivity index (χ3n) is 4.03. The molecule has 1 aliphatic carbocycles. The third kappa shape index (κ3) is 2.80. The summed E-state index contributed by atoms with van der Waals surface area (Å²) >= 11 is 0. The van der Waals surface area contributed by atoms with E-state index in [0.717, 1.165) is 25.7 Å². The van der Waals surface area contributed by atoms with E-state index in [4.69, 9.17) is 0 Å². The normalized spacial score (nSPS) is 21.8. The lowest BCUT2D eigenvalue weighted by atomic mass is 9.80. The Balaban J connectivity index is 2.21. The molecule has 0 saturated heterocycles. The van der Waals surface area contributed by atoms with Gasteiger partial charge in [0, 0.05) is 0 Å². The molecular formula is C15H21FO. The van der Waals surface area contributed by atoms with Gasteiger partial charge in [0.1, 0.15) is 11.4 Å². The summed E-state index contributed by atoms with van der Waals surface area (Å²) in [5.41, 5.74) is -0.701.